The number of hydrogen-bond donors (Lipinski definition) is 0. The van der Waals surface area contributed by atoms with E-state index in [1.165, 1.54) is 0 Å². The first-order valence-corrected chi connectivity index (χ1v) is 5.44. The normalized spacial score (nSPS) is 10.4. The lowest BCUT2D eigenvalue weighted by Gasteiger charge is -2.09. The average molecular weight is 221 g/mol. The van der Waals surface area contributed by atoms with Crippen LogP contribution in [0, 0.1) is 0 Å². The molecule has 0 N–H and O–H groups in total. The Bertz CT molecular complexity index is 600. The molecule has 0 aliphatic heterocycles. The fourth-order valence-electron chi connectivity index (χ4n) is 1.84. The van der Waals surface area contributed by atoms with Gasteiger partial charge in [0.05, 0.1) is 17.7 Å². The molecule has 2 aromatic heterocycles. The molecule has 0 aliphatic rings. The van der Waals surface area contributed by atoms with Gasteiger partial charge in [-0.25, -0.2) is 4.98 Å². The number of para-hydroxylation sites is 1. The number of pyridine rings is 1. The summed E-state index contributed by atoms with van der Waals surface area (Å²) in [6.07, 6.45) is 7.30. The van der Waals surface area contributed by atoms with Crippen LogP contribution < -0.4 is 0 Å². The quantitative estimate of drug-likeness (QED) is 0.666. The lowest BCUT2D eigenvalue weighted by Crippen LogP contribution is -1.94. The zero-order valence-electron chi connectivity index (χ0n) is 9.19. The molecule has 0 aliphatic carbocycles. The maximum absolute atomic E-state index is 4.39. The SMILES string of the molecule is c1ccc(-c2ccccc2-n2ccnc2)nc1. The summed E-state index contributed by atoms with van der Waals surface area (Å²) in [4.78, 5) is 8.46. The fraction of sp³-hybridized carbons (Fsp3) is 0. The minimum atomic E-state index is 0.969. The van der Waals surface area contributed by atoms with Crippen LogP contribution in [0.4, 0.5) is 0 Å². The summed E-state index contributed by atoms with van der Waals surface area (Å²) in [5.41, 5.74) is 3.16. The lowest BCUT2D eigenvalue weighted by atomic mass is 10.1. The van der Waals surface area contributed by atoms with E-state index in [4.69, 9.17) is 0 Å². The van der Waals surface area contributed by atoms with Gasteiger partial charge in [0.1, 0.15) is 0 Å². The molecular weight excluding hydrogens is 210 g/mol. The highest BCUT2D eigenvalue weighted by Gasteiger charge is 2.06. The maximum atomic E-state index is 4.39. The summed E-state index contributed by atoms with van der Waals surface area (Å²) >= 11 is 0. The summed E-state index contributed by atoms with van der Waals surface area (Å²) in [5.74, 6) is 0. The second-order valence-electron chi connectivity index (χ2n) is 3.70. The molecule has 2 heterocycles. The smallest absolute Gasteiger partial charge is 0.0991 e. The minimum absolute atomic E-state index is 0.969. The topological polar surface area (TPSA) is 30.7 Å². The first kappa shape index (κ1) is 9.78. The molecule has 0 radical (unpaired) electrons. The Morgan fingerprint density at radius 2 is 1.76 bits per heavy atom. The number of hydrogen-bond acceptors (Lipinski definition) is 2. The van der Waals surface area contributed by atoms with Gasteiger partial charge in [-0.2, -0.15) is 0 Å². The Labute approximate surface area is 99.4 Å². The van der Waals surface area contributed by atoms with Crippen molar-refractivity contribution >= 4 is 0 Å². The standard InChI is InChI=1S/C14H11N3/c1-2-7-14(17-10-9-15-11-17)12(5-1)13-6-3-4-8-16-13/h1-11H. The zero-order valence-corrected chi connectivity index (χ0v) is 9.19. The van der Waals surface area contributed by atoms with E-state index < -0.39 is 0 Å². The molecule has 82 valence electrons. The molecule has 3 aromatic rings. The Morgan fingerprint density at radius 3 is 2.53 bits per heavy atom. The van der Waals surface area contributed by atoms with E-state index >= 15 is 0 Å². The van der Waals surface area contributed by atoms with Crippen molar-refractivity contribution in [3.05, 3.63) is 67.4 Å². The molecule has 0 unspecified atom stereocenters. The van der Waals surface area contributed by atoms with Crippen molar-refractivity contribution in [1.29, 1.82) is 0 Å². The second kappa shape index (κ2) is 4.22. The van der Waals surface area contributed by atoms with E-state index in [-0.39, 0.29) is 0 Å². The number of rotatable bonds is 2. The number of benzene rings is 1. The molecule has 3 nitrogen and oxygen atoms in total. The molecule has 0 saturated carbocycles. The predicted octanol–water partition coefficient (Wildman–Crippen LogP) is 2.93. The third kappa shape index (κ3) is 1.83. The first-order chi connectivity index (χ1) is 8.45. The zero-order chi connectivity index (χ0) is 11.5. The van der Waals surface area contributed by atoms with Crippen LogP contribution in [0.1, 0.15) is 0 Å². The summed E-state index contributed by atoms with van der Waals surface area (Å²) in [6.45, 7) is 0. The highest BCUT2D eigenvalue weighted by molar-refractivity contribution is 5.69. The Kier molecular flexibility index (Phi) is 2.43. The van der Waals surface area contributed by atoms with Crippen molar-refractivity contribution in [2.45, 2.75) is 0 Å². The van der Waals surface area contributed by atoms with Crippen molar-refractivity contribution in [2.75, 3.05) is 0 Å². The predicted molar refractivity (Wildman–Crippen MR) is 66.8 cm³/mol. The van der Waals surface area contributed by atoms with Gasteiger partial charge in [0.25, 0.3) is 0 Å². The highest BCUT2D eigenvalue weighted by atomic mass is 15.0. The molecule has 0 saturated heterocycles. The summed E-state index contributed by atoms with van der Waals surface area (Å²) < 4.78 is 1.99. The second-order valence-corrected chi connectivity index (χ2v) is 3.70. The van der Waals surface area contributed by atoms with Crippen LogP contribution in [0.5, 0.6) is 0 Å². The molecule has 0 spiro atoms. The van der Waals surface area contributed by atoms with Gasteiger partial charge >= 0.3 is 0 Å². The van der Waals surface area contributed by atoms with Crippen molar-refractivity contribution in [2.24, 2.45) is 0 Å². The van der Waals surface area contributed by atoms with Crippen LogP contribution in [0.15, 0.2) is 67.4 Å². The number of imidazole rings is 1. The highest BCUT2D eigenvalue weighted by Crippen LogP contribution is 2.24. The summed E-state index contributed by atoms with van der Waals surface area (Å²) in [6, 6.07) is 14.1. The van der Waals surface area contributed by atoms with Crippen molar-refractivity contribution in [3.8, 4) is 16.9 Å². The van der Waals surface area contributed by atoms with Gasteiger partial charge in [-0.15, -0.1) is 0 Å². The van der Waals surface area contributed by atoms with Gasteiger partial charge in [0.2, 0.25) is 0 Å². The van der Waals surface area contributed by atoms with Crippen LogP contribution in [0.25, 0.3) is 16.9 Å². The van der Waals surface area contributed by atoms with E-state index in [2.05, 4.69) is 22.1 Å². The van der Waals surface area contributed by atoms with Crippen LogP contribution in [-0.4, -0.2) is 14.5 Å². The molecule has 3 heteroatoms. The molecule has 1 aromatic carbocycles. The Balaban J connectivity index is 2.18. The van der Waals surface area contributed by atoms with Gasteiger partial charge in [0.15, 0.2) is 0 Å². The molecule has 3 rings (SSSR count). The lowest BCUT2D eigenvalue weighted by molar-refractivity contribution is 1.06. The third-order valence-corrected chi connectivity index (χ3v) is 2.63. The van der Waals surface area contributed by atoms with Gasteiger partial charge in [0, 0.05) is 24.2 Å². The fourth-order valence-corrected chi connectivity index (χ4v) is 1.84. The third-order valence-electron chi connectivity index (χ3n) is 2.63. The van der Waals surface area contributed by atoms with E-state index in [1.807, 2.05) is 41.1 Å². The van der Waals surface area contributed by atoms with Gasteiger partial charge in [-0.3, -0.25) is 4.98 Å². The molecule has 17 heavy (non-hydrogen) atoms. The van der Waals surface area contributed by atoms with Crippen molar-refractivity contribution in [3.63, 3.8) is 0 Å². The Hall–Kier alpha value is -2.42. The van der Waals surface area contributed by atoms with Crippen molar-refractivity contribution in [1.82, 2.24) is 14.5 Å². The monoisotopic (exact) mass is 221 g/mol. The Morgan fingerprint density at radius 1 is 0.882 bits per heavy atom. The van der Waals surface area contributed by atoms with Crippen LogP contribution in [0.3, 0.4) is 0 Å². The number of nitrogens with zero attached hydrogens (tertiary/aromatic N) is 3. The van der Waals surface area contributed by atoms with Crippen LogP contribution >= 0.6 is 0 Å². The van der Waals surface area contributed by atoms with E-state index in [0.29, 0.717) is 0 Å². The van der Waals surface area contributed by atoms with Crippen LogP contribution in [0.2, 0.25) is 0 Å². The van der Waals surface area contributed by atoms with Gasteiger partial charge in [-0.1, -0.05) is 24.3 Å². The van der Waals surface area contributed by atoms with Gasteiger partial charge < -0.3 is 4.57 Å². The number of aromatic nitrogens is 3. The minimum Gasteiger partial charge on any atom is -0.306 e. The summed E-state index contributed by atoms with van der Waals surface area (Å²) in [7, 11) is 0. The van der Waals surface area contributed by atoms with E-state index in [9.17, 15) is 0 Å². The molecular formula is C14H11N3. The van der Waals surface area contributed by atoms with Gasteiger partial charge in [-0.05, 0) is 18.2 Å². The van der Waals surface area contributed by atoms with E-state index in [1.54, 1.807) is 18.7 Å². The largest absolute Gasteiger partial charge is 0.306 e. The van der Waals surface area contributed by atoms with Crippen molar-refractivity contribution < 1.29 is 0 Å². The molecule has 0 amide bonds. The van der Waals surface area contributed by atoms with E-state index in [0.717, 1.165) is 16.9 Å². The maximum Gasteiger partial charge on any atom is 0.0991 e. The molecule has 0 bridgehead atoms. The average Bonchev–Trinajstić information content (AvgIpc) is 2.94. The summed E-state index contributed by atoms with van der Waals surface area (Å²) in [5, 5.41) is 0. The van der Waals surface area contributed by atoms with Crippen LogP contribution in [-0.2, 0) is 0 Å². The molecule has 0 atom stereocenters. The first-order valence-electron chi connectivity index (χ1n) is 5.44. The molecule has 0 fully saturated rings.